The maximum Gasteiger partial charge on any atom is 0.242 e. The van der Waals surface area contributed by atoms with Gasteiger partial charge in [0.25, 0.3) is 0 Å². The van der Waals surface area contributed by atoms with Crippen LogP contribution in [0.4, 0.5) is 0 Å². The molecular weight excluding hydrogens is 485 g/mol. The van der Waals surface area contributed by atoms with Crippen molar-refractivity contribution in [3.63, 3.8) is 0 Å². The molecular formula is C33H60O2Si2. The van der Waals surface area contributed by atoms with E-state index in [-0.39, 0.29) is 5.41 Å². The molecule has 4 aliphatic carbocycles. The molecule has 0 aromatic carbocycles. The Bertz CT molecular complexity index is 878. The van der Waals surface area contributed by atoms with Gasteiger partial charge < -0.3 is 8.85 Å². The van der Waals surface area contributed by atoms with Gasteiger partial charge in [0.2, 0.25) is 8.32 Å². The lowest BCUT2D eigenvalue weighted by Gasteiger charge is -2.61. The lowest BCUT2D eigenvalue weighted by molar-refractivity contribution is -0.104. The number of hydrogen-bond acceptors (Lipinski definition) is 2. The van der Waals surface area contributed by atoms with Crippen molar-refractivity contribution in [2.24, 2.45) is 46.3 Å². The van der Waals surface area contributed by atoms with E-state index in [2.05, 4.69) is 86.1 Å². The van der Waals surface area contributed by atoms with Crippen LogP contribution in [-0.2, 0) is 8.85 Å². The van der Waals surface area contributed by atoms with Gasteiger partial charge in [0.05, 0.1) is 11.9 Å². The first kappa shape index (κ1) is 29.7. The Morgan fingerprint density at radius 3 is 2.24 bits per heavy atom. The molecule has 0 aliphatic heterocycles. The Hall–Kier alpha value is -0.326. The average molecular weight is 545 g/mol. The zero-order valence-electron chi connectivity index (χ0n) is 26.4. The number of hydrogen-bond donors (Lipinski definition) is 0. The van der Waals surface area contributed by atoms with Crippen molar-refractivity contribution in [3.8, 4) is 0 Å². The first-order valence-electron chi connectivity index (χ1n) is 15.8. The van der Waals surface area contributed by atoms with Crippen LogP contribution in [0.2, 0.25) is 39.3 Å². The summed E-state index contributed by atoms with van der Waals surface area (Å²) in [5.41, 5.74) is 2.40. The maximum absolute atomic E-state index is 7.16. The molecule has 37 heavy (non-hydrogen) atoms. The van der Waals surface area contributed by atoms with Crippen molar-refractivity contribution in [1.82, 2.24) is 0 Å². The van der Waals surface area contributed by atoms with Crippen molar-refractivity contribution >= 4 is 16.6 Å². The number of allylic oxidation sites excluding steroid dienone is 2. The summed E-state index contributed by atoms with van der Waals surface area (Å²) in [7, 11) is -3.27. The smallest absolute Gasteiger partial charge is 0.242 e. The molecule has 0 spiro atoms. The van der Waals surface area contributed by atoms with Gasteiger partial charge in [-0.2, -0.15) is 0 Å². The zero-order valence-corrected chi connectivity index (χ0v) is 28.4. The summed E-state index contributed by atoms with van der Waals surface area (Å²) in [5, 5.41) is 0. The minimum Gasteiger partial charge on any atom is -0.545 e. The highest BCUT2D eigenvalue weighted by molar-refractivity contribution is 6.70. The molecule has 0 heterocycles. The molecule has 0 aromatic rings. The van der Waals surface area contributed by atoms with Crippen LogP contribution in [0.25, 0.3) is 0 Å². The lowest BCUT2D eigenvalue weighted by atomic mass is 9.46. The monoisotopic (exact) mass is 544 g/mol. The van der Waals surface area contributed by atoms with Crippen LogP contribution >= 0.6 is 0 Å². The molecule has 4 heteroatoms. The molecule has 212 valence electrons. The van der Waals surface area contributed by atoms with E-state index in [9.17, 15) is 0 Å². The standard InChI is InChI=1S/C33H60O2Si2/c1-23(2)13-12-14-24(3)27-15-16-28-31-29(18-20-33(27,28)5)32(4)19-17-26(34-36(6,7)8)21-25(32)22-30(31)35-37(9,10)11/h17,21,23-24,27-31H,12-16,18-20,22H2,1-11H3/t24?,27?,28?,29?,30-,31?,32?,33?/m1/s1. The third kappa shape index (κ3) is 6.22. The molecule has 7 unspecified atom stereocenters. The molecule has 0 saturated heterocycles. The highest BCUT2D eigenvalue weighted by atomic mass is 28.4. The van der Waals surface area contributed by atoms with E-state index in [0.717, 1.165) is 48.2 Å². The van der Waals surface area contributed by atoms with Gasteiger partial charge in [-0.05, 0) is 136 Å². The van der Waals surface area contributed by atoms with E-state index in [1.807, 2.05) is 0 Å². The molecule has 0 bridgehead atoms. The largest absolute Gasteiger partial charge is 0.545 e. The minimum absolute atomic E-state index is 0.276. The third-order valence-corrected chi connectivity index (χ3v) is 12.8. The lowest BCUT2D eigenvalue weighted by Crippen LogP contribution is -2.57. The predicted octanol–water partition coefficient (Wildman–Crippen LogP) is 10.2. The molecule has 0 N–H and O–H groups in total. The normalized spacial score (nSPS) is 38.9. The van der Waals surface area contributed by atoms with E-state index < -0.39 is 16.6 Å². The SMILES string of the molecule is CC(C)CCCC(C)C1CCC2C3C(CCC12C)C1(C)CC=C(O[Si](C)(C)C)C=C1C[C@H]3O[Si](C)(C)C. The molecule has 3 saturated carbocycles. The van der Waals surface area contributed by atoms with E-state index in [4.69, 9.17) is 8.85 Å². The van der Waals surface area contributed by atoms with Gasteiger partial charge in [0.15, 0.2) is 8.32 Å². The van der Waals surface area contributed by atoms with Crippen molar-refractivity contribution in [3.05, 3.63) is 23.5 Å². The Labute approximate surface area is 232 Å². The van der Waals surface area contributed by atoms with Crippen molar-refractivity contribution in [2.45, 2.75) is 138 Å². The van der Waals surface area contributed by atoms with E-state index in [1.54, 1.807) is 5.57 Å². The van der Waals surface area contributed by atoms with Crippen LogP contribution in [0.15, 0.2) is 23.5 Å². The summed E-state index contributed by atoms with van der Waals surface area (Å²) in [6, 6.07) is 0. The highest BCUT2D eigenvalue weighted by Gasteiger charge is 2.62. The predicted molar refractivity (Wildman–Crippen MR) is 165 cm³/mol. The van der Waals surface area contributed by atoms with E-state index in [0.29, 0.717) is 17.4 Å². The fourth-order valence-electron chi connectivity index (χ4n) is 9.35. The molecule has 3 fully saturated rings. The second kappa shape index (κ2) is 10.6. The molecule has 0 amide bonds. The summed E-state index contributed by atoms with van der Waals surface area (Å²) in [6.45, 7) is 26.8. The molecule has 2 nitrogen and oxygen atoms in total. The van der Waals surface area contributed by atoms with Gasteiger partial charge in [0, 0.05) is 0 Å². The zero-order chi connectivity index (χ0) is 27.4. The second-order valence-electron chi connectivity index (χ2n) is 16.4. The Kier molecular flexibility index (Phi) is 8.48. The summed E-state index contributed by atoms with van der Waals surface area (Å²) >= 11 is 0. The molecule has 8 atom stereocenters. The van der Waals surface area contributed by atoms with E-state index in [1.165, 1.54) is 44.9 Å². The van der Waals surface area contributed by atoms with Crippen LogP contribution in [0.3, 0.4) is 0 Å². The van der Waals surface area contributed by atoms with Crippen LogP contribution in [0.1, 0.15) is 92.4 Å². The van der Waals surface area contributed by atoms with Crippen LogP contribution in [-0.4, -0.2) is 22.7 Å². The summed E-state index contributed by atoms with van der Waals surface area (Å²) in [5.74, 6) is 6.02. The Morgan fingerprint density at radius 1 is 0.919 bits per heavy atom. The van der Waals surface area contributed by atoms with Gasteiger partial charge in [-0.25, -0.2) is 0 Å². The summed E-state index contributed by atoms with van der Waals surface area (Å²) in [6.07, 6.45) is 17.5. The number of rotatable bonds is 9. The van der Waals surface area contributed by atoms with Gasteiger partial charge in [-0.15, -0.1) is 0 Å². The fraction of sp³-hybridized carbons (Fsp3) is 0.879. The van der Waals surface area contributed by atoms with Crippen LogP contribution in [0, 0.1) is 46.3 Å². The number of fused-ring (bicyclic) bond motifs is 5. The molecule has 4 rings (SSSR count). The quantitative estimate of drug-likeness (QED) is 0.269. The highest BCUT2D eigenvalue weighted by Crippen LogP contribution is 2.68. The first-order chi connectivity index (χ1) is 17.0. The Balaban J connectivity index is 1.61. The molecule has 0 radical (unpaired) electrons. The molecule has 4 aliphatic rings. The maximum atomic E-state index is 7.16. The van der Waals surface area contributed by atoms with Gasteiger partial charge in [-0.1, -0.05) is 59.5 Å². The van der Waals surface area contributed by atoms with Crippen LogP contribution < -0.4 is 0 Å². The molecule has 0 aromatic heterocycles. The minimum atomic E-state index is -1.66. The van der Waals surface area contributed by atoms with Gasteiger partial charge >= 0.3 is 0 Å². The third-order valence-electron chi connectivity index (χ3n) is 10.9. The summed E-state index contributed by atoms with van der Waals surface area (Å²) < 4.78 is 13.7. The topological polar surface area (TPSA) is 18.5 Å². The van der Waals surface area contributed by atoms with Gasteiger partial charge in [0.1, 0.15) is 0 Å². The van der Waals surface area contributed by atoms with Crippen molar-refractivity contribution < 1.29 is 8.85 Å². The van der Waals surface area contributed by atoms with Crippen molar-refractivity contribution in [2.75, 3.05) is 0 Å². The van der Waals surface area contributed by atoms with E-state index >= 15 is 0 Å². The first-order valence-corrected chi connectivity index (χ1v) is 22.6. The fourth-order valence-corrected chi connectivity index (χ4v) is 11.4. The second-order valence-corrected chi connectivity index (χ2v) is 25.3. The average Bonchev–Trinajstić information content (AvgIpc) is 3.09. The van der Waals surface area contributed by atoms with Crippen molar-refractivity contribution in [1.29, 1.82) is 0 Å². The van der Waals surface area contributed by atoms with Gasteiger partial charge in [-0.3, -0.25) is 0 Å². The summed E-state index contributed by atoms with van der Waals surface area (Å²) in [4.78, 5) is 0. The van der Waals surface area contributed by atoms with Crippen LogP contribution in [0.5, 0.6) is 0 Å². The Morgan fingerprint density at radius 2 is 1.62 bits per heavy atom.